The molecule has 1 fully saturated rings. The van der Waals surface area contributed by atoms with E-state index in [1.54, 1.807) is 6.33 Å². The summed E-state index contributed by atoms with van der Waals surface area (Å²) in [5.74, 6) is 0.0615. The Bertz CT molecular complexity index is 721. The number of amides is 1. The summed E-state index contributed by atoms with van der Waals surface area (Å²) in [6.45, 7) is 4.02. The van der Waals surface area contributed by atoms with E-state index in [1.807, 2.05) is 18.5 Å². The third-order valence-corrected chi connectivity index (χ3v) is 5.86. The predicted molar refractivity (Wildman–Crippen MR) is 95.8 cm³/mol. The second-order valence-corrected chi connectivity index (χ2v) is 7.94. The molecule has 1 unspecified atom stereocenters. The topological polar surface area (TPSA) is 59.8 Å². The zero-order chi connectivity index (χ0) is 17.2. The fourth-order valence-corrected chi connectivity index (χ4v) is 4.13. The Hall–Kier alpha value is -1.82. The molecule has 3 rings (SSSR count). The summed E-state index contributed by atoms with van der Waals surface area (Å²) in [5.41, 5.74) is 2.23. The van der Waals surface area contributed by atoms with Gasteiger partial charge in [-0.2, -0.15) is 0 Å². The van der Waals surface area contributed by atoms with Crippen molar-refractivity contribution in [1.82, 2.24) is 20.1 Å². The van der Waals surface area contributed by atoms with Crippen LogP contribution in [-0.4, -0.2) is 25.9 Å². The molecule has 1 aliphatic rings. The molecule has 0 spiro atoms. The third kappa shape index (κ3) is 3.48. The normalized spacial score (nSPS) is 17.6. The first kappa shape index (κ1) is 17.0. The number of hydrogen-bond acceptors (Lipinski definition) is 4. The van der Waals surface area contributed by atoms with Crippen molar-refractivity contribution in [2.24, 2.45) is 7.05 Å². The van der Waals surface area contributed by atoms with E-state index >= 15 is 0 Å². The van der Waals surface area contributed by atoms with Crippen LogP contribution in [-0.2, 0) is 17.4 Å². The SMILES string of the molecule is Cc1cccc(C2(NC(=O)C(C)Sc3nncn3C)CCCC2)c1. The van der Waals surface area contributed by atoms with Crippen molar-refractivity contribution in [3.8, 4) is 0 Å². The van der Waals surface area contributed by atoms with E-state index in [2.05, 4.69) is 46.7 Å². The Morgan fingerprint density at radius 3 is 2.75 bits per heavy atom. The number of nitrogens with zero attached hydrogens (tertiary/aromatic N) is 3. The number of carbonyl (C=O) groups is 1. The van der Waals surface area contributed by atoms with Gasteiger partial charge in [0.1, 0.15) is 6.33 Å². The maximum atomic E-state index is 12.8. The summed E-state index contributed by atoms with van der Waals surface area (Å²) >= 11 is 1.44. The van der Waals surface area contributed by atoms with Gasteiger partial charge in [0, 0.05) is 7.05 Å². The van der Waals surface area contributed by atoms with Gasteiger partial charge in [0.25, 0.3) is 0 Å². The Morgan fingerprint density at radius 2 is 2.12 bits per heavy atom. The molecule has 1 saturated carbocycles. The van der Waals surface area contributed by atoms with Gasteiger partial charge in [-0.25, -0.2) is 0 Å². The maximum Gasteiger partial charge on any atom is 0.234 e. The van der Waals surface area contributed by atoms with Crippen LogP contribution in [0.3, 0.4) is 0 Å². The minimum absolute atomic E-state index is 0.0615. The van der Waals surface area contributed by atoms with Crippen molar-refractivity contribution in [2.45, 2.75) is 55.5 Å². The van der Waals surface area contributed by atoms with Crippen LogP contribution in [0.2, 0.25) is 0 Å². The van der Waals surface area contributed by atoms with Crippen LogP contribution in [0.25, 0.3) is 0 Å². The lowest BCUT2D eigenvalue weighted by molar-refractivity contribution is -0.122. The Morgan fingerprint density at radius 1 is 1.38 bits per heavy atom. The maximum absolute atomic E-state index is 12.8. The number of carbonyl (C=O) groups excluding carboxylic acids is 1. The average molecular weight is 344 g/mol. The van der Waals surface area contributed by atoms with Crippen LogP contribution in [0.15, 0.2) is 35.7 Å². The Labute approximate surface area is 147 Å². The number of thioether (sulfide) groups is 1. The van der Waals surface area contributed by atoms with Crippen molar-refractivity contribution < 1.29 is 4.79 Å². The van der Waals surface area contributed by atoms with E-state index in [4.69, 9.17) is 0 Å². The van der Waals surface area contributed by atoms with Crippen molar-refractivity contribution in [3.63, 3.8) is 0 Å². The molecule has 128 valence electrons. The summed E-state index contributed by atoms with van der Waals surface area (Å²) < 4.78 is 1.83. The number of aryl methyl sites for hydroxylation is 2. The monoisotopic (exact) mass is 344 g/mol. The van der Waals surface area contributed by atoms with E-state index in [-0.39, 0.29) is 16.7 Å². The lowest BCUT2D eigenvalue weighted by atomic mass is 9.87. The van der Waals surface area contributed by atoms with Crippen LogP contribution >= 0.6 is 11.8 Å². The highest BCUT2D eigenvalue weighted by molar-refractivity contribution is 8.00. The first-order valence-electron chi connectivity index (χ1n) is 8.40. The molecule has 1 amide bonds. The summed E-state index contributed by atoms with van der Waals surface area (Å²) in [4.78, 5) is 12.8. The fourth-order valence-electron chi connectivity index (χ4n) is 3.34. The smallest absolute Gasteiger partial charge is 0.234 e. The molecule has 1 aromatic heterocycles. The number of benzene rings is 1. The summed E-state index contributed by atoms with van der Waals surface area (Å²) in [5, 5.41) is 11.8. The van der Waals surface area contributed by atoms with Gasteiger partial charge in [0.2, 0.25) is 5.91 Å². The third-order valence-electron chi connectivity index (χ3n) is 4.71. The highest BCUT2D eigenvalue weighted by atomic mass is 32.2. The minimum atomic E-state index is -0.224. The van der Waals surface area contributed by atoms with Crippen molar-refractivity contribution in [1.29, 1.82) is 0 Å². The summed E-state index contributed by atoms with van der Waals surface area (Å²) in [6, 6.07) is 8.51. The standard InChI is InChI=1S/C18H24N4OS/c1-13-7-6-8-15(11-13)18(9-4-5-10-18)20-16(23)14(2)24-17-21-19-12-22(17)3/h6-8,11-12,14H,4-5,9-10H2,1-3H3,(H,20,23). The van der Waals surface area contributed by atoms with Crippen LogP contribution in [0.5, 0.6) is 0 Å². The molecule has 1 atom stereocenters. The van der Waals surface area contributed by atoms with Gasteiger partial charge < -0.3 is 9.88 Å². The molecule has 0 bridgehead atoms. The van der Waals surface area contributed by atoms with E-state index in [1.165, 1.54) is 22.9 Å². The van der Waals surface area contributed by atoms with E-state index in [0.29, 0.717) is 0 Å². The van der Waals surface area contributed by atoms with Crippen molar-refractivity contribution in [3.05, 3.63) is 41.7 Å². The molecular formula is C18H24N4OS. The molecule has 0 saturated heterocycles. The molecule has 1 aromatic carbocycles. The molecule has 1 N–H and O–H groups in total. The predicted octanol–water partition coefficient (Wildman–Crippen LogP) is 3.19. The van der Waals surface area contributed by atoms with Gasteiger partial charge >= 0.3 is 0 Å². The highest BCUT2D eigenvalue weighted by Crippen LogP contribution is 2.39. The van der Waals surface area contributed by atoms with Crippen molar-refractivity contribution in [2.75, 3.05) is 0 Å². The average Bonchev–Trinajstić information content (AvgIpc) is 3.18. The second kappa shape index (κ2) is 6.97. The second-order valence-electron chi connectivity index (χ2n) is 6.63. The van der Waals surface area contributed by atoms with Gasteiger partial charge in [-0.1, -0.05) is 54.4 Å². The van der Waals surface area contributed by atoms with Gasteiger partial charge in [-0.3, -0.25) is 4.79 Å². The number of rotatable bonds is 5. The molecule has 0 aliphatic heterocycles. The molecular weight excluding hydrogens is 320 g/mol. The van der Waals surface area contributed by atoms with Gasteiger partial charge in [-0.15, -0.1) is 10.2 Å². The largest absolute Gasteiger partial charge is 0.346 e. The van der Waals surface area contributed by atoms with E-state index in [0.717, 1.165) is 30.8 Å². The van der Waals surface area contributed by atoms with E-state index in [9.17, 15) is 4.79 Å². The lowest BCUT2D eigenvalue weighted by Gasteiger charge is -2.32. The molecule has 6 heteroatoms. The van der Waals surface area contributed by atoms with Crippen LogP contribution in [0.1, 0.15) is 43.7 Å². The van der Waals surface area contributed by atoms with Crippen molar-refractivity contribution >= 4 is 17.7 Å². The Kier molecular flexibility index (Phi) is 4.94. The van der Waals surface area contributed by atoms with Gasteiger partial charge in [-0.05, 0) is 32.3 Å². The summed E-state index contributed by atoms with van der Waals surface area (Å²) in [6.07, 6.45) is 5.96. The molecule has 2 aromatic rings. The molecule has 24 heavy (non-hydrogen) atoms. The Balaban J connectivity index is 1.76. The highest BCUT2D eigenvalue weighted by Gasteiger charge is 2.38. The minimum Gasteiger partial charge on any atom is -0.346 e. The zero-order valence-corrected chi connectivity index (χ0v) is 15.3. The first-order valence-corrected chi connectivity index (χ1v) is 9.28. The summed E-state index contributed by atoms with van der Waals surface area (Å²) in [7, 11) is 1.89. The van der Waals surface area contributed by atoms with Crippen LogP contribution < -0.4 is 5.32 Å². The molecule has 5 nitrogen and oxygen atoms in total. The molecule has 1 aliphatic carbocycles. The van der Waals surface area contributed by atoms with E-state index < -0.39 is 0 Å². The quantitative estimate of drug-likeness (QED) is 0.846. The number of aromatic nitrogens is 3. The lowest BCUT2D eigenvalue weighted by Crippen LogP contribution is -2.46. The van der Waals surface area contributed by atoms with Crippen LogP contribution in [0, 0.1) is 6.92 Å². The van der Waals surface area contributed by atoms with Crippen LogP contribution in [0.4, 0.5) is 0 Å². The number of hydrogen-bond donors (Lipinski definition) is 1. The van der Waals surface area contributed by atoms with Gasteiger partial charge in [0.05, 0.1) is 10.8 Å². The zero-order valence-electron chi connectivity index (χ0n) is 14.5. The fraction of sp³-hybridized carbons (Fsp3) is 0.500. The number of nitrogens with one attached hydrogen (secondary N) is 1. The van der Waals surface area contributed by atoms with Gasteiger partial charge in [0.15, 0.2) is 5.16 Å². The molecule has 0 radical (unpaired) electrons. The molecule has 1 heterocycles. The first-order chi connectivity index (χ1) is 11.5.